The molecule has 1 heterocycles. The molecule has 2 fully saturated rings. The molecule has 4 aromatic carbocycles. The van der Waals surface area contributed by atoms with Crippen molar-refractivity contribution in [3.8, 4) is 11.5 Å². The average Bonchev–Trinajstić information content (AvgIpc) is 3.30. The number of esters is 1. The van der Waals surface area contributed by atoms with E-state index < -0.39 is 18.5 Å². The summed E-state index contributed by atoms with van der Waals surface area (Å²) in [7, 11) is 0. The fourth-order valence-corrected chi connectivity index (χ4v) is 5.85. The smallest absolute Gasteiger partial charge is 0.338 e. The molecule has 2 aliphatic rings. The third kappa shape index (κ3) is 6.18. The van der Waals surface area contributed by atoms with Crippen molar-refractivity contribution in [1.82, 2.24) is 0 Å². The topological polar surface area (TPSA) is 102 Å². The van der Waals surface area contributed by atoms with Crippen LogP contribution in [-0.2, 0) is 19.1 Å². The van der Waals surface area contributed by atoms with Crippen LogP contribution in [-0.4, -0.2) is 30.3 Å². The van der Waals surface area contributed by atoms with E-state index in [0.29, 0.717) is 35.7 Å². The van der Waals surface area contributed by atoms with Crippen LogP contribution in [0.15, 0.2) is 109 Å². The number of fused-ring (bicyclic) bond motifs is 1. The highest BCUT2D eigenvalue weighted by molar-refractivity contribution is 6.22. The number of carbonyl (C=O) groups is 4. The quantitative estimate of drug-likeness (QED) is 0.194. The lowest BCUT2D eigenvalue weighted by Crippen LogP contribution is -2.30. The molecule has 1 saturated heterocycles. The number of anilines is 2. The SMILES string of the molecule is O=C(COC(=O)c1ccc(N2C(=O)[C@@H]3CC[C@H](c4ccccc4)C[C@H]3C2=O)cc1)Nc1ccc(Oc2ccccc2)cc1. The molecule has 0 unspecified atom stereocenters. The molecule has 1 aliphatic carbocycles. The second-order valence-electron chi connectivity index (χ2n) is 10.8. The Balaban J connectivity index is 1.01. The molecule has 4 aromatic rings. The molecule has 0 spiro atoms. The first-order valence-electron chi connectivity index (χ1n) is 14.3. The molecule has 8 heteroatoms. The van der Waals surface area contributed by atoms with Crippen molar-refractivity contribution in [3.05, 3.63) is 120 Å². The lowest BCUT2D eigenvalue weighted by atomic mass is 9.73. The molecule has 6 rings (SSSR count). The Morgan fingerprint density at radius 1 is 0.721 bits per heavy atom. The van der Waals surface area contributed by atoms with Gasteiger partial charge < -0.3 is 14.8 Å². The standard InChI is InChI=1S/C35H30N2O6/c38-32(36-26-14-18-29(19-15-26)43-28-9-5-2-6-10-28)22-42-35(41)24-11-16-27(17-12-24)37-33(39)30-20-13-25(21-31(30)34(37)40)23-7-3-1-4-8-23/h1-12,14-19,25,30-31H,13,20-22H2,(H,36,38)/t25-,30+,31+/m0/s1. The molecule has 43 heavy (non-hydrogen) atoms. The fourth-order valence-electron chi connectivity index (χ4n) is 5.85. The number of imide groups is 1. The minimum atomic E-state index is -0.688. The maximum atomic E-state index is 13.3. The summed E-state index contributed by atoms with van der Waals surface area (Å²) >= 11 is 0. The number of nitrogens with zero attached hydrogens (tertiary/aromatic N) is 1. The zero-order valence-corrected chi connectivity index (χ0v) is 23.3. The van der Waals surface area contributed by atoms with E-state index in [4.69, 9.17) is 9.47 Å². The Bertz CT molecular complexity index is 1620. The lowest BCUT2D eigenvalue weighted by Gasteiger charge is -2.28. The number of hydrogen-bond acceptors (Lipinski definition) is 6. The van der Waals surface area contributed by atoms with Gasteiger partial charge >= 0.3 is 5.97 Å². The van der Waals surface area contributed by atoms with Crippen molar-refractivity contribution in [2.45, 2.75) is 25.2 Å². The van der Waals surface area contributed by atoms with Gasteiger partial charge in [-0.15, -0.1) is 0 Å². The summed E-state index contributed by atoms with van der Waals surface area (Å²) in [4.78, 5) is 52.7. The van der Waals surface area contributed by atoms with Crippen molar-refractivity contribution in [2.24, 2.45) is 11.8 Å². The Morgan fingerprint density at radius 3 is 2.05 bits per heavy atom. The largest absolute Gasteiger partial charge is 0.457 e. The summed E-state index contributed by atoms with van der Waals surface area (Å²) in [5.74, 6) is -0.653. The molecule has 3 amide bonds. The average molecular weight is 575 g/mol. The van der Waals surface area contributed by atoms with E-state index in [1.165, 1.54) is 22.6 Å². The van der Waals surface area contributed by atoms with Crippen LogP contribution in [0.4, 0.5) is 11.4 Å². The highest BCUT2D eigenvalue weighted by atomic mass is 16.5. The molecule has 1 saturated carbocycles. The van der Waals surface area contributed by atoms with Crippen LogP contribution in [0.5, 0.6) is 11.5 Å². The van der Waals surface area contributed by atoms with Gasteiger partial charge in [-0.25, -0.2) is 4.79 Å². The monoisotopic (exact) mass is 574 g/mol. The van der Waals surface area contributed by atoms with Gasteiger partial charge in [0.1, 0.15) is 11.5 Å². The first-order chi connectivity index (χ1) is 21.0. The number of rotatable bonds is 8. The van der Waals surface area contributed by atoms with Gasteiger partial charge in [0.25, 0.3) is 5.91 Å². The van der Waals surface area contributed by atoms with E-state index in [2.05, 4.69) is 17.4 Å². The Kier molecular flexibility index (Phi) is 8.00. The molecular weight excluding hydrogens is 544 g/mol. The summed E-state index contributed by atoms with van der Waals surface area (Å²) in [6.07, 6.45) is 2.18. The van der Waals surface area contributed by atoms with E-state index in [0.717, 1.165) is 6.42 Å². The van der Waals surface area contributed by atoms with Crippen molar-refractivity contribution < 1.29 is 28.7 Å². The molecule has 1 aliphatic heterocycles. The van der Waals surface area contributed by atoms with Crippen LogP contribution in [0.2, 0.25) is 0 Å². The Hall–Kier alpha value is -5.24. The van der Waals surface area contributed by atoms with Gasteiger partial charge in [-0.05, 0) is 91.4 Å². The van der Waals surface area contributed by atoms with Gasteiger partial charge in [-0.2, -0.15) is 0 Å². The van der Waals surface area contributed by atoms with Gasteiger partial charge in [-0.1, -0.05) is 48.5 Å². The molecule has 0 radical (unpaired) electrons. The molecule has 0 aromatic heterocycles. The molecule has 8 nitrogen and oxygen atoms in total. The minimum Gasteiger partial charge on any atom is -0.457 e. The summed E-state index contributed by atoms with van der Waals surface area (Å²) in [6, 6.07) is 32.4. The van der Waals surface area contributed by atoms with Gasteiger partial charge in [0.05, 0.1) is 23.1 Å². The lowest BCUT2D eigenvalue weighted by molar-refractivity contribution is -0.122. The van der Waals surface area contributed by atoms with Crippen LogP contribution in [0, 0.1) is 11.8 Å². The van der Waals surface area contributed by atoms with Gasteiger partial charge in [0, 0.05) is 5.69 Å². The molecule has 3 atom stereocenters. The number of nitrogens with one attached hydrogen (secondary N) is 1. The Morgan fingerprint density at radius 2 is 1.35 bits per heavy atom. The number of ether oxygens (including phenoxy) is 2. The van der Waals surface area contributed by atoms with Gasteiger partial charge in [-0.3, -0.25) is 19.3 Å². The predicted molar refractivity (Wildman–Crippen MR) is 161 cm³/mol. The van der Waals surface area contributed by atoms with Gasteiger partial charge in [0.15, 0.2) is 6.61 Å². The van der Waals surface area contributed by atoms with E-state index in [1.807, 2.05) is 48.5 Å². The van der Waals surface area contributed by atoms with Crippen LogP contribution in [0.3, 0.4) is 0 Å². The van der Waals surface area contributed by atoms with Gasteiger partial charge in [0.2, 0.25) is 11.8 Å². The predicted octanol–water partition coefficient (Wildman–Crippen LogP) is 6.35. The number of amides is 3. The van der Waals surface area contributed by atoms with Crippen LogP contribution in [0.1, 0.15) is 41.1 Å². The number of para-hydroxylation sites is 1. The number of benzene rings is 4. The third-order valence-electron chi connectivity index (χ3n) is 8.01. The van der Waals surface area contributed by atoms with Crippen LogP contribution < -0.4 is 15.0 Å². The second kappa shape index (κ2) is 12.3. The summed E-state index contributed by atoms with van der Waals surface area (Å²) < 4.78 is 10.9. The summed E-state index contributed by atoms with van der Waals surface area (Å²) in [6.45, 7) is -0.474. The van der Waals surface area contributed by atoms with Crippen LogP contribution >= 0.6 is 0 Å². The number of carbonyl (C=O) groups excluding carboxylic acids is 4. The highest BCUT2D eigenvalue weighted by Crippen LogP contribution is 2.45. The normalized spacial score (nSPS) is 19.4. The van der Waals surface area contributed by atoms with Crippen LogP contribution in [0.25, 0.3) is 0 Å². The Labute approximate surface area is 249 Å². The van der Waals surface area contributed by atoms with E-state index in [9.17, 15) is 19.2 Å². The third-order valence-corrected chi connectivity index (χ3v) is 8.01. The minimum absolute atomic E-state index is 0.187. The van der Waals surface area contributed by atoms with E-state index >= 15 is 0 Å². The second-order valence-corrected chi connectivity index (χ2v) is 10.8. The number of hydrogen-bond donors (Lipinski definition) is 1. The van der Waals surface area contributed by atoms with E-state index in [1.54, 1.807) is 36.4 Å². The summed E-state index contributed by atoms with van der Waals surface area (Å²) in [5, 5.41) is 2.68. The van der Waals surface area contributed by atoms with Crippen molar-refractivity contribution in [3.63, 3.8) is 0 Å². The first kappa shape index (κ1) is 27.9. The fraction of sp³-hybridized carbons (Fsp3) is 0.200. The molecule has 0 bridgehead atoms. The zero-order chi connectivity index (χ0) is 29.8. The van der Waals surface area contributed by atoms with Crippen molar-refractivity contribution in [1.29, 1.82) is 0 Å². The maximum absolute atomic E-state index is 13.3. The van der Waals surface area contributed by atoms with Crippen molar-refractivity contribution >= 4 is 35.1 Å². The molecule has 1 N–H and O–H groups in total. The van der Waals surface area contributed by atoms with Crippen molar-refractivity contribution in [2.75, 3.05) is 16.8 Å². The first-order valence-corrected chi connectivity index (χ1v) is 14.3. The highest BCUT2D eigenvalue weighted by Gasteiger charge is 2.50. The molecule has 216 valence electrons. The molecular formula is C35H30N2O6. The maximum Gasteiger partial charge on any atom is 0.338 e. The summed E-state index contributed by atoms with van der Waals surface area (Å²) in [5.41, 5.74) is 2.36. The van der Waals surface area contributed by atoms with E-state index in [-0.39, 0.29) is 35.1 Å². The zero-order valence-electron chi connectivity index (χ0n) is 23.3.